The van der Waals surface area contributed by atoms with Gasteiger partial charge >= 0.3 is 0 Å². The van der Waals surface area contributed by atoms with Gasteiger partial charge in [0.1, 0.15) is 0 Å². The molecule has 0 nitrogen and oxygen atoms in total. The van der Waals surface area contributed by atoms with Gasteiger partial charge in [-0.05, 0) is 57.0 Å². The van der Waals surface area contributed by atoms with E-state index >= 15 is 0 Å². The van der Waals surface area contributed by atoms with Crippen molar-refractivity contribution in [3.8, 4) is 22.3 Å². The molecule has 36 heavy (non-hydrogen) atoms. The molecule has 0 spiro atoms. The van der Waals surface area contributed by atoms with Crippen molar-refractivity contribution in [1.29, 1.82) is 0 Å². The first-order chi connectivity index (χ1) is 17.8. The third-order valence-corrected chi connectivity index (χ3v) is 7.36. The maximum atomic E-state index is 2.33. The van der Waals surface area contributed by atoms with Crippen molar-refractivity contribution in [2.24, 2.45) is 0 Å². The first-order valence-electron chi connectivity index (χ1n) is 12.6. The van der Waals surface area contributed by atoms with Gasteiger partial charge in [-0.15, -0.1) is 0 Å². The summed E-state index contributed by atoms with van der Waals surface area (Å²) in [5, 5.41) is 0. The Bertz CT molecular complexity index is 1540. The first-order valence-corrected chi connectivity index (χ1v) is 12.6. The van der Waals surface area contributed by atoms with Gasteiger partial charge in [0.15, 0.2) is 0 Å². The summed E-state index contributed by atoms with van der Waals surface area (Å²) in [6, 6.07) is 54.8. The fourth-order valence-electron chi connectivity index (χ4n) is 5.85. The van der Waals surface area contributed by atoms with Crippen molar-refractivity contribution < 1.29 is 0 Å². The van der Waals surface area contributed by atoms with E-state index in [1.165, 1.54) is 50.1 Å². The third-order valence-electron chi connectivity index (χ3n) is 7.36. The van der Waals surface area contributed by atoms with E-state index in [2.05, 4.69) is 159 Å². The zero-order valence-electron chi connectivity index (χ0n) is 20.4. The summed E-state index contributed by atoms with van der Waals surface area (Å²) in [4.78, 5) is 0. The van der Waals surface area contributed by atoms with Crippen LogP contribution in [0.3, 0.4) is 0 Å². The van der Waals surface area contributed by atoms with Crippen LogP contribution in [0.5, 0.6) is 0 Å². The summed E-state index contributed by atoms with van der Waals surface area (Å²) < 4.78 is 0. The molecule has 0 heteroatoms. The van der Waals surface area contributed by atoms with Crippen molar-refractivity contribution in [2.45, 2.75) is 12.3 Å². The summed E-state index contributed by atoms with van der Waals surface area (Å²) in [6.45, 7) is 2.21. The van der Waals surface area contributed by atoms with E-state index in [1.807, 2.05) is 0 Å². The lowest BCUT2D eigenvalue weighted by Gasteiger charge is -2.34. The van der Waals surface area contributed by atoms with E-state index in [0.717, 1.165) is 0 Å². The van der Waals surface area contributed by atoms with Gasteiger partial charge in [0.05, 0.1) is 5.41 Å². The number of hydrogen-bond donors (Lipinski definition) is 0. The molecule has 0 bridgehead atoms. The van der Waals surface area contributed by atoms with E-state index in [1.54, 1.807) is 0 Å². The summed E-state index contributed by atoms with van der Waals surface area (Å²) >= 11 is 0. The highest BCUT2D eigenvalue weighted by molar-refractivity contribution is 5.95. The predicted octanol–water partition coefficient (Wildman–Crippen LogP) is 9.15. The Labute approximate surface area is 213 Å². The molecular formula is C36H28. The molecule has 0 saturated carbocycles. The predicted molar refractivity (Wildman–Crippen MR) is 152 cm³/mol. The van der Waals surface area contributed by atoms with Gasteiger partial charge in [0.25, 0.3) is 0 Å². The molecule has 0 aliphatic heterocycles. The van der Waals surface area contributed by atoms with Gasteiger partial charge in [0.2, 0.25) is 0 Å². The Hall–Kier alpha value is -4.42. The van der Waals surface area contributed by atoms with Crippen LogP contribution in [0.1, 0.15) is 27.8 Å². The summed E-state index contributed by atoms with van der Waals surface area (Å²) in [6.07, 6.45) is 0. The standard InChI is InChI=1S/C36H28/c1-27-17-8-4-2-3-5-13-22-30(27)31-24-16-26-34-35(31)32-23-14-15-25-33(32)36(34,28-18-9-6-10-19-28)29-20-11-7-12-21-29/h2-26H,1H3. The normalized spacial score (nSPS) is 12.8. The van der Waals surface area contributed by atoms with Crippen LogP contribution in [0.2, 0.25) is 0 Å². The van der Waals surface area contributed by atoms with Gasteiger partial charge < -0.3 is 0 Å². The summed E-state index contributed by atoms with van der Waals surface area (Å²) in [7, 11) is 0. The van der Waals surface area contributed by atoms with E-state index < -0.39 is 0 Å². The fourth-order valence-corrected chi connectivity index (χ4v) is 5.85. The second-order valence-electron chi connectivity index (χ2n) is 9.34. The molecule has 1 aliphatic carbocycles. The molecule has 0 heterocycles. The minimum Gasteiger partial charge on any atom is -0.0623 e. The van der Waals surface area contributed by atoms with Gasteiger partial charge in [-0.2, -0.15) is 0 Å². The smallest absolute Gasteiger partial charge is 0.0623 e. The SMILES string of the molecule is Cc1ccccccccc1-c1cccc2c1-c1ccccc1C2(c1ccccc1)c1ccccc1. The Balaban J connectivity index is 1.76. The largest absolute Gasteiger partial charge is 0.0713 e. The molecule has 0 amide bonds. The van der Waals surface area contributed by atoms with Gasteiger partial charge in [-0.1, -0.05) is 152 Å². The molecule has 0 unspecified atom stereocenters. The number of hydrogen-bond acceptors (Lipinski definition) is 0. The molecule has 6 rings (SSSR count). The molecule has 0 saturated heterocycles. The van der Waals surface area contributed by atoms with Crippen molar-refractivity contribution in [3.63, 3.8) is 0 Å². The Kier molecular flexibility index (Phi) is 5.71. The molecule has 5 aromatic rings. The first kappa shape index (κ1) is 22.1. The van der Waals surface area contributed by atoms with E-state index in [9.17, 15) is 0 Å². The van der Waals surface area contributed by atoms with Crippen molar-refractivity contribution in [2.75, 3.05) is 0 Å². The van der Waals surface area contributed by atoms with Crippen LogP contribution in [0.4, 0.5) is 0 Å². The zero-order valence-corrected chi connectivity index (χ0v) is 20.4. The van der Waals surface area contributed by atoms with Crippen LogP contribution in [0.25, 0.3) is 22.3 Å². The quantitative estimate of drug-likeness (QED) is 0.247. The van der Waals surface area contributed by atoms with Crippen LogP contribution in [0, 0.1) is 6.92 Å². The van der Waals surface area contributed by atoms with Crippen molar-refractivity contribution >= 4 is 0 Å². The third kappa shape index (κ3) is 3.46. The maximum Gasteiger partial charge on any atom is 0.0713 e. The Morgan fingerprint density at radius 3 is 1.50 bits per heavy atom. The minimum atomic E-state index is -0.378. The monoisotopic (exact) mass is 460 g/mol. The van der Waals surface area contributed by atoms with Gasteiger partial charge in [-0.25, -0.2) is 0 Å². The van der Waals surface area contributed by atoms with Crippen molar-refractivity contribution in [1.82, 2.24) is 0 Å². The van der Waals surface area contributed by atoms with Gasteiger partial charge in [0, 0.05) is 0 Å². The minimum absolute atomic E-state index is 0.378. The zero-order chi connectivity index (χ0) is 24.4. The molecule has 0 radical (unpaired) electrons. The Morgan fingerprint density at radius 2 is 0.806 bits per heavy atom. The molecular weight excluding hydrogens is 432 g/mol. The molecule has 172 valence electrons. The molecule has 0 aromatic heterocycles. The lowest BCUT2D eigenvalue weighted by molar-refractivity contribution is 0.768. The second kappa shape index (κ2) is 9.32. The average Bonchev–Trinajstić information content (AvgIpc) is 3.25. The Morgan fingerprint density at radius 1 is 0.361 bits per heavy atom. The van der Waals surface area contributed by atoms with Crippen LogP contribution < -0.4 is 0 Å². The summed E-state index contributed by atoms with van der Waals surface area (Å²) in [5.74, 6) is 0. The lowest BCUT2D eigenvalue weighted by atomic mass is 9.67. The van der Waals surface area contributed by atoms with Gasteiger partial charge in [-0.3, -0.25) is 0 Å². The second-order valence-corrected chi connectivity index (χ2v) is 9.34. The molecule has 1 aliphatic rings. The van der Waals surface area contributed by atoms with Crippen LogP contribution in [-0.2, 0) is 5.41 Å². The van der Waals surface area contributed by atoms with Crippen LogP contribution in [-0.4, -0.2) is 0 Å². The summed E-state index contributed by atoms with van der Waals surface area (Å²) in [5.41, 5.74) is 11.3. The number of fused-ring (bicyclic) bond motifs is 3. The fraction of sp³-hybridized carbons (Fsp3) is 0.0556. The number of aryl methyl sites for hydroxylation is 1. The van der Waals surface area contributed by atoms with Crippen LogP contribution >= 0.6 is 0 Å². The maximum absolute atomic E-state index is 2.33. The molecule has 0 fully saturated rings. The number of rotatable bonds is 3. The highest BCUT2D eigenvalue weighted by atomic mass is 14.5. The average molecular weight is 461 g/mol. The molecule has 0 atom stereocenters. The van der Waals surface area contributed by atoms with Crippen molar-refractivity contribution in [3.05, 3.63) is 179 Å². The number of benzene rings is 4. The molecule has 0 N–H and O–H groups in total. The highest BCUT2D eigenvalue weighted by Gasteiger charge is 2.46. The molecule has 5 aromatic carbocycles. The van der Waals surface area contributed by atoms with E-state index in [-0.39, 0.29) is 5.41 Å². The van der Waals surface area contributed by atoms with Crippen LogP contribution in [0.15, 0.2) is 152 Å². The lowest BCUT2D eigenvalue weighted by Crippen LogP contribution is -2.28. The van der Waals surface area contributed by atoms with E-state index in [4.69, 9.17) is 0 Å². The highest BCUT2D eigenvalue weighted by Crippen LogP contribution is 2.58. The van der Waals surface area contributed by atoms with E-state index in [0.29, 0.717) is 0 Å². The topological polar surface area (TPSA) is 0 Å².